The molecule has 1 aliphatic heterocycles. The summed E-state index contributed by atoms with van der Waals surface area (Å²) in [5.41, 5.74) is 0. The minimum absolute atomic E-state index is 0.0119. The third-order valence-electron chi connectivity index (χ3n) is 3.35. The van der Waals surface area contributed by atoms with Gasteiger partial charge in [-0.05, 0) is 32.1 Å². The van der Waals surface area contributed by atoms with Gasteiger partial charge in [0.05, 0.1) is 5.92 Å². The largest absolute Gasteiger partial charge is 0.481 e. The lowest BCUT2D eigenvalue weighted by atomic mass is 10.1. The van der Waals surface area contributed by atoms with E-state index in [1.54, 1.807) is 0 Å². The van der Waals surface area contributed by atoms with Crippen molar-refractivity contribution in [3.63, 3.8) is 0 Å². The van der Waals surface area contributed by atoms with E-state index in [4.69, 9.17) is 9.84 Å². The molecule has 1 saturated heterocycles. The van der Waals surface area contributed by atoms with Gasteiger partial charge in [-0.2, -0.15) is 0 Å². The summed E-state index contributed by atoms with van der Waals surface area (Å²) >= 11 is 0. The van der Waals surface area contributed by atoms with Crippen molar-refractivity contribution in [1.82, 2.24) is 5.32 Å². The maximum Gasteiger partial charge on any atom is 0.306 e. The smallest absolute Gasteiger partial charge is 0.306 e. The minimum Gasteiger partial charge on any atom is -0.481 e. The standard InChI is InChI=1S/C11H17NO4/c13-10(9-2-1-5-16-9)12-8-4-3-7(6-8)11(14)15/h7-9H,1-6H2,(H,12,13)(H,14,15)/t7?,8?,9-/m1/s1. The Morgan fingerprint density at radius 2 is 2.06 bits per heavy atom. The molecule has 0 aromatic carbocycles. The number of nitrogens with one attached hydrogen (secondary N) is 1. The molecule has 5 heteroatoms. The SMILES string of the molecule is O=C(O)C1CCC(NC(=O)[C@H]2CCCO2)C1. The Morgan fingerprint density at radius 1 is 1.25 bits per heavy atom. The highest BCUT2D eigenvalue weighted by Crippen LogP contribution is 2.26. The second kappa shape index (κ2) is 4.82. The van der Waals surface area contributed by atoms with Crippen molar-refractivity contribution in [2.24, 2.45) is 5.92 Å². The molecule has 0 bridgehead atoms. The quantitative estimate of drug-likeness (QED) is 0.737. The van der Waals surface area contributed by atoms with Crippen LogP contribution in [0.15, 0.2) is 0 Å². The molecule has 5 nitrogen and oxygen atoms in total. The molecule has 0 radical (unpaired) electrons. The van der Waals surface area contributed by atoms with E-state index in [-0.39, 0.29) is 24.0 Å². The number of hydrogen-bond donors (Lipinski definition) is 2. The molecular formula is C11H17NO4. The molecule has 2 fully saturated rings. The Kier molecular flexibility index (Phi) is 3.43. The number of carbonyl (C=O) groups is 2. The number of carbonyl (C=O) groups excluding carboxylic acids is 1. The molecule has 2 N–H and O–H groups in total. The van der Waals surface area contributed by atoms with Crippen molar-refractivity contribution >= 4 is 11.9 Å². The zero-order valence-electron chi connectivity index (χ0n) is 9.15. The Labute approximate surface area is 94.2 Å². The first-order valence-electron chi connectivity index (χ1n) is 5.81. The van der Waals surface area contributed by atoms with Gasteiger partial charge in [-0.1, -0.05) is 0 Å². The van der Waals surface area contributed by atoms with Crippen molar-refractivity contribution < 1.29 is 19.4 Å². The average molecular weight is 227 g/mol. The van der Waals surface area contributed by atoms with Crippen molar-refractivity contribution in [3.8, 4) is 0 Å². The fraction of sp³-hybridized carbons (Fsp3) is 0.818. The van der Waals surface area contributed by atoms with E-state index < -0.39 is 5.97 Å². The molecule has 1 amide bonds. The van der Waals surface area contributed by atoms with Gasteiger partial charge in [-0.15, -0.1) is 0 Å². The van der Waals surface area contributed by atoms with Crippen LogP contribution in [0, 0.1) is 5.92 Å². The fourth-order valence-corrected chi connectivity index (χ4v) is 2.42. The first kappa shape index (κ1) is 11.4. The normalized spacial score (nSPS) is 33.9. The lowest BCUT2D eigenvalue weighted by Gasteiger charge is -2.15. The van der Waals surface area contributed by atoms with Gasteiger partial charge in [0.15, 0.2) is 0 Å². The number of carboxylic acid groups (broad SMARTS) is 1. The third-order valence-corrected chi connectivity index (χ3v) is 3.35. The summed E-state index contributed by atoms with van der Waals surface area (Å²) in [7, 11) is 0. The molecule has 90 valence electrons. The Hall–Kier alpha value is -1.10. The van der Waals surface area contributed by atoms with E-state index in [0.717, 1.165) is 19.3 Å². The maximum atomic E-state index is 11.7. The van der Waals surface area contributed by atoms with Crippen LogP contribution < -0.4 is 5.32 Å². The molecule has 0 spiro atoms. The molecule has 0 aromatic heterocycles. The zero-order valence-corrected chi connectivity index (χ0v) is 9.15. The Balaban J connectivity index is 1.78. The van der Waals surface area contributed by atoms with Gasteiger partial charge in [0.25, 0.3) is 0 Å². The molecule has 0 aromatic rings. The molecule has 1 aliphatic carbocycles. The lowest BCUT2D eigenvalue weighted by molar-refractivity contribution is -0.141. The van der Waals surface area contributed by atoms with Crippen LogP contribution in [0.25, 0.3) is 0 Å². The molecule has 2 rings (SSSR count). The van der Waals surface area contributed by atoms with E-state index in [2.05, 4.69) is 5.32 Å². The second-order valence-corrected chi connectivity index (χ2v) is 4.56. The highest BCUT2D eigenvalue weighted by molar-refractivity contribution is 5.81. The average Bonchev–Trinajstić information content (AvgIpc) is 2.87. The van der Waals surface area contributed by atoms with Crippen LogP contribution in [0.2, 0.25) is 0 Å². The molecule has 2 unspecified atom stereocenters. The summed E-state index contributed by atoms with van der Waals surface area (Å²) in [5, 5.41) is 11.7. The van der Waals surface area contributed by atoms with Crippen molar-refractivity contribution in [3.05, 3.63) is 0 Å². The number of amides is 1. The Bertz CT molecular complexity index is 286. The van der Waals surface area contributed by atoms with E-state index in [1.165, 1.54) is 0 Å². The molecule has 16 heavy (non-hydrogen) atoms. The van der Waals surface area contributed by atoms with Crippen LogP contribution >= 0.6 is 0 Å². The first-order chi connectivity index (χ1) is 7.66. The van der Waals surface area contributed by atoms with Gasteiger partial charge in [0.2, 0.25) is 5.91 Å². The number of hydrogen-bond acceptors (Lipinski definition) is 3. The summed E-state index contributed by atoms with van der Waals surface area (Å²) < 4.78 is 5.27. The van der Waals surface area contributed by atoms with Crippen LogP contribution in [0.4, 0.5) is 0 Å². The molecule has 3 atom stereocenters. The second-order valence-electron chi connectivity index (χ2n) is 4.56. The number of ether oxygens (including phenoxy) is 1. The van der Waals surface area contributed by atoms with Gasteiger partial charge in [0, 0.05) is 12.6 Å². The third kappa shape index (κ3) is 2.52. The van der Waals surface area contributed by atoms with Crippen LogP contribution in [0.1, 0.15) is 32.1 Å². The highest BCUT2D eigenvalue weighted by atomic mass is 16.5. The number of carboxylic acids is 1. The summed E-state index contributed by atoms with van der Waals surface area (Å²) in [6.45, 7) is 0.653. The highest BCUT2D eigenvalue weighted by Gasteiger charge is 2.32. The molecule has 1 saturated carbocycles. The van der Waals surface area contributed by atoms with Crippen molar-refractivity contribution in [1.29, 1.82) is 0 Å². The predicted molar refractivity (Wildman–Crippen MR) is 55.9 cm³/mol. The minimum atomic E-state index is -0.756. The van der Waals surface area contributed by atoms with Crippen LogP contribution in [-0.4, -0.2) is 35.7 Å². The van der Waals surface area contributed by atoms with Crippen LogP contribution in [0.5, 0.6) is 0 Å². The van der Waals surface area contributed by atoms with Crippen molar-refractivity contribution in [2.75, 3.05) is 6.61 Å². The van der Waals surface area contributed by atoms with Gasteiger partial charge in [0.1, 0.15) is 6.10 Å². The number of rotatable bonds is 3. The predicted octanol–water partition coefficient (Wildman–Crippen LogP) is 0.535. The van der Waals surface area contributed by atoms with E-state index in [0.29, 0.717) is 19.4 Å². The fourth-order valence-electron chi connectivity index (χ4n) is 2.42. The van der Waals surface area contributed by atoms with Gasteiger partial charge in [-0.3, -0.25) is 9.59 Å². The summed E-state index contributed by atoms with van der Waals surface area (Å²) in [4.78, 5) is 22.4. The summed E-state index contributed by atoms with van der Waals surface area (Å²) in [6.07, 6.45) is 3.36. The molecule has 2 aliphatic rings. The summed E-state index contributed by atoms with van der Waals surface area (Å²) in [5.74, 6) is -1.13. The van der Waals surface area contributed by atoms with Gasteiger partial charge >= 0.3 is 5.97 Å². The van der Waals surface area contributed by atoms with E-state index in [1.807, 2.05) is 0 Å². The summed E-state index contributed by atoms with van der Waals surface area (Å²) in [6, 6.07) is 0.0119. The first-order valence-corrected chi connectivity index (χ1v) is 5.81. The van der Waals surface area contributed by atoms with Crippen LogP contribution in [-0.2, 0) is 14.3 Å². The lowest BCUT2D eigenvalue weighted by Crippen LogP contribution is -2.40. The molecular weight excluding hydrogens is 210 g/mol. The zero-order chi connectivity index (χ0) is 11.5. The number of aliphatic carboxylic acids is 1. The maximum absolute atomic E-state index is 11.7. The molecule has 1 heterocycles. The van der Waals surface area contributed by atoms with Gasteiger partial charge in [-0.25, -0.2) is 0 Å². The van der Waals surface area contributed by atoms with Crippen molar-refractivity contribution in [2.45, 2.75) is 44.2 Å². The van der Waals surface area contributed by atoms with Gasteiger partial charge < -0.3 is 15.2 Å². The monoisotopic (exact) mass is 227 g/mol. The van der Waals surface area contributed by atoms with E-state index in [9.17, 15) is 9.59 Å². The van der Waals surface area contributed by atoms with E-state index >= 15 is 0 Å². The topological polar surface area (TPSA) is 75.6 Å². The Morgan fingerprint density at radius 3 is 2.62 bits per heavy atom. The van der Waals surface area contributed by atoms with Crippen LogP contribution in [0.3, 0.4) is 0 Å².